The number of ether oxygens (including phenoxy) is 1. The molecule has 1 N–H and O–H groups in total. The highest BCUT2D eigenvalue weighted by Gasteiger charge is 2.28. The van der Waals surface area contributed by atoms with Gasteiger partial charge in [-0.3, -0.25) is 9.69 Å². The lowest BCUT2D eigenvalue weighted by Crippen LogP contribution is -2.37. The molecule has 25 heavy (non-hydrogen) atoms. The molecule has 0 spiro atoms. The molecular formula is C17H19N5O3. The maximum absolute atomic E-state index is 12.5. The smallest absolute Gasteiger partial charge is 0.233 e. The average Bonchev–Trinajstić information content (AvgIpc) is 2.68. The van der Waals surface area contributed by atoms with Crippen molar-refractivity contribution in [3.05, 3.63) is 35.9 Å². The topological polar surface area (TPSA) is 91.7 Å². The molecule has 2 aromatic rings. The molecule has 1 saturated heterocycles. The van der Waals surface area contributed by atoms with E-state index in [1.54, 1.807) is 17.3 Å². The van der Waals surface area contributed by atoms with Gasteiger partial charge in [0.25, 0.3) is 0 Å². The SMILES string of the molecule is O=C1CCc2cnc(CO)nc2N1c1ccc(N2CCOCC2)nc1. The van der Waals surface area contributed by atoms with Crippen LogP contribution >= 0.6 is 0 Å². The van der Waals surface area contributed by atoms with Crippen LogP contribution in [0.25, 0.3) is 0 Å². The van der Waals surface area contributed by atoms with E-state index in [1.807, 2.05) is 12.1 Å². The van der Waals surface area contributed by atoms with Crippen LogP contribution in [-0.4, -0.2) is 52.3 Å². The summed E-state index contributed by atoms with van der Waals surface area (Å²) in [4.78, 5) is 29.2. The second kappa shape index (κ2) is 6.73. The summed E-state index contributed by atoms with van der Waals surface area (Å²) in [6.07, 6.45) is 4.39. The van der Waals surface area contributed by atoms with Crippen molar-refractivity contribution < 1.29 is 14.6 Å². The van der Waals surface area contributed by atoms with Gasteiger partial charge < -0.3 is 14.7 Å². The van der Waals surface area contributed by atoms with E-state index in [1.165, 1.54) is 0 Å². The number of carbonyl (C=O) groups excluding carboxylic acids is 1. The molecule has 0 bridgehead atoms. The summed E-state index contributed by atoms with van der Waals surface area (Å²) >= 11 is 0. The van der Waals surface area contributed by atoms with E-state index in [9.17, 15) is 9.90 Å². The number of aryl methyl sites for hydroxylation is 1. The summed E-state index contributed by atoms with van der Waals surface area (Å²) in [5.41, 5.74) is 1.57. The van der Waals surface area contributed by atoms with Gasteiger partial charge in [-0.05, 0) is 18.6 Å². The highest BCUT2D eigenvalue weighted by molar-refractivity contribution is 6.01. The van der Waals surface area contributed by atoms with Crippen molar-refractivity contribution in [2.24, 2.45) is 0 Å². The van der Waals surface area contributed by atoms with E-state index in [0.29, 0.717) is 43.4 Å². The zero-order valence-corrected chi connectivity index (χ0v) is 13.8. The number of pyridine rings is 1. The summed E-state index contributed by atoms with van der Waals surface area (Å²) in [6.45, 7) is 2.75. The number of fused-ring (bicyclic) bond motifs is 1. The highest BCUT2D eigenvalue weighted by atomic mass is 16.5. The number of anilines is 3. The van der Waals surface area contributed by atoms with Crippen LogP contribution in [0, 0.1) is 0 Å². The van der Waals surface area contributed by atoms with E-state index >= 15 is 0 Å². The van der Waals surface area contributed by atoms with Gasteiger partial charge in [-0.15, -0.1) is 0 Å². The molecule has 2 aliphatic rings. The van der Waals surface area contributed by atoms with E-state index in [-0.39, 0.29) is 12.5 Å². The molecule has 8 nitrogen and oxygen atoms in total. The van der Waals surface area contributed by atoms with Crippen molar-refractivity contribution in [3.8, 4) is 0 Å². The van der Waals surface area contributed by atoms with Crippen LogP contribution in [0.2, 0.25) is 0 Å². The highest BCUT2D eigenvalue weighted by Crippen LogP contribution is 2.32. The molecule has 4 rings (SSSR count). The van der Waals surface area contributed by atoms with Crippen molar-refractivity contribution in [3.63, 3.8) is 0 Å². The summed E-state index contributed by atoms with van der Waals surface area (Å²) < 4.78 is 5.36. The van der Waals surface area contributed by atoms with Crippen LogP contribution in [0.15, 0.2) is 24.5 Å². The first-order valence-corrected chi connectivity index (χ1v) is 8.33. The Bertz CT molecular complexity index is 774. The molecule has 1 amide bonds. The monoisotopic (exact) mass is 341 g/mol. The number of aliphatic hydroxyl groups is 1. The number of rotatable bonds is 3. The van der Waals surface area contributed by atoms with Gasteiger partial charge in [-0.1, -0.05) is 0 Å². The van der Waals surface area contributed by atoms with Crippen LogP contribution in [0.4, 0.5) is 17.3 Å². The number of aliphatic hydroxyl groups excluding tert-OH is 1. The van der Waals surface area contributed by atoms with Gasteiger partial charge in [0.15, 0.2) is 5.82 Å². The quantitative estimate of drug-likeness (QED) is 0.883. The van der Waals surface area contributed by atoms with Crippen molar-refractivity contribution in [1.29, 1.82) is 0 Å². The fourth-order valence-corrected chi connectivity index (χ4v) is 3.11. The minimum atomic E-state index is -0.260. The van der Waals surface area contributed by atoms with Crippen molar-refractivity contribution in [1.82, 2.24) is 15.0 Å². The molecule has 2 aliphatic heterocycles. The fraction of sp³-hybridized carbons (Fsp3) is 0.412. The number of hydrogen-bond donors (Lipinski definition) is 1. The van der Waals surface area contributed by atoms with Crippen LogP contribution in [0.1, 0.15) is 17.8 Å². The normalized spacial score (nSPS) is 17.6. The maximum Gasteiger partial charge on any atom is 0.233 e. The molecule has 0 atom stereocenters. The number of nitrogens with zero attached hydrogens (tertiary/aromatic N) is 5. The number of carbonyl (C=O) groups is 1. The molecule has 0 aliphatic carbocycles. The molecule has 0 radical (unpaired) electrons. The lowest BCUT2D eigenvalue weighted by molar-refractivity contribution is -0.118. The Morgan fingerprint density at radius 1 is 1.12 bits per heavy atom. The second-order valence-corrected chi connectivity index (χ2v) is 6.00. The average molecular weight is 341 g/mol. The molecule has 4 heterocycles. The summed E-state index contributed by atoms with van der Waals surface area (Å²) in [5.74, 6) is 1.68. The Labute approximate surface area is 145 Å². The van der Waals surface area contributed by atoms with E-state index in [4.69, 9.17) is 4.74 Å². The van der Waals surface area contributed by atoms with Crippen molar-refractivity contribution in [2.75, 3.05) is 36.1 Å². The minimum Gasteiger partial charge on any atom is -0.388 e. The standard InChI is InChI=1S/C17H19N5O3/c23-11-14-18-9-12-1-4-16(24)22(17(12)20-14)13-2-3-15(19-10-13)21-5-7-25-8-6-21/h2-3,9-10,23H,1,4-8,11H2. The lowest BCUT2D eigenvalue weighted by Gasteiger charge is -2.30. The van der Waals surface area contributed by atoms with Gasteiger partial charge >= 0.3 is 0 Å². The Hall–Kier alpha value is -2.58. The Morgan fingerprint density at radius 2 is 1.96 bits per heavy atom. The number of morpholine rings is 1. The van der Waals surface area contributed by atoms with Crippen LogP contribution in [0.3, 0.4) is 0 Å². The first-order chi connectivity index (χ1) is 12.3. The Morgan fingerprint density at radius 3 is 2.68 bits per heavy atom. The predicted octanol–water partition coefficient (Wildman–Crippen LogP) is 0.811. The van der Waals surface area contributed by atoms with E-state index in [2.05, 4.69) is 19.9 Å². The zero-order valence-electron chi connectivity index (χ0n) is 13.8. The molecule has 130 valence electrons. The molecule has 0 aromatic carbocycles. The third kappa shape index (κ3) is 3.06. The number of aromatic nitrogens is 3. The Kier molecular flexibility index (Phi) is 4.29. The van der Waals surface area contributed by atoms with Gasteiger partial charge in [0.05, 0.1) is 25.1 Å². The molecule has 0 unspecified atom stereocenters. The summed E-state index contributed by atoms with van der Waals surface area (Å²) in [6, 6.07) is 3.79. The van der Waals surface area contributed by atoms with E-state index < -0.39 is 0 Å². The van der Waals surface area contributed by atoms with Crippen LogP contribution in [0.5, 0.6) is 0 Å². The lowest BCUT2D eigenvalue weighted by atomic mass is 10.1. The van der Waals surface area contributed by atoms with Gasteiger partial charge in [0.1, 0.15) is 18.2 Å². The first kappa shape index (κ1) is 15.9. The van der Waals surface area contributed by atoms with Gasteiger partial charge in [-0.2, -0.15) is 0 Å². The molecule has 2 aromatic heterocycles. The summed E-state index contributed by atoms with van der Waals surface area (Å²) in [5, 5.41) is 9.29. The second-order valence-electron chi connectivity index (χ2n) is 6.00. The number of amides is 1. The zero-order chi connectivity index (χ0) is 17.2. The molecule has 8 heteroatoms. The molecule has 1 fully saturated rings. The summed E-state index contributed by atoms with van der Waals surface area (Å²) in [7, 11) is 0. The third-order valence-electron chi connectivity index (χ3n) is 4.43. The predicted molar refractivity (Wildman–Crippen MR) is 90.7 cm³/mol. The minimum absolute atomic E-state index is 0.0315. The third-order valence-corrected chi connectivity index (χ3v) is 4.43. The van der Waals surface area contributed by atoms with Gasteiger partial charge in [0.2, 0.25) is 5.91 Å². The molecule has 0 saturated carbocycles. The van der Waals surface area contributed by atoms with Crippen LogP contribution < -0.4 is 9.80 Å². The fourth-order valence-electron chi connectivity index (χ4n) is 3.11. The van der Waals surface area contributed by atoms with Crippen molar-refractivity contribution in [2.45, 2.75) is 19.4 Å². The Balaban J connectivity index is 1.66. The van der Waals surface area contributed by atoms with Crippen molar-refractivity contribution >= 4 is 23.2 Å². The van der Waals surface area contributed by atoms with Crippen LogP contribution in [-0.2, 0) is 22.6 Å². The molecular weight excluding hydrogens is 322 g/mol. The largest absolute Gasteiger partial charge is 0.388 e. The van der Waals surface area contributed by atoms with Gasteiger partial charge in [0, 0.05) is 31.3 Å². The first-order valence-electron chi connectivity index (χ1n) is 8.33. The van der Waals surface area contributed by atoms with Gasteiger partial charge in [-0.25, -0.2) is 15.0 Å². The maximum atomic E-state index is 12.5. The number of hydrogen-bond acceptors (Lipinski definition) is 7. The van der Waals surface area contributed by atoms with E-state index in [0.717, 1.165) is 24.5 Å².